The fraction of sp³-hybridized carbons (Fsp3) is 1.00. The molecule has 0 heterocycles. The van der Waals surface area contributed by atoms with Crippen LogP contribution in [0.5, 0.6) is 0 Å². The Morgan fingerprint density at radius 3 is 2.25 bits per heavy atom. The second kappa shape index (κ2) is 3.66. The molecular formula is C8H15F2NO. The molecule has 3 N–H and O–H groups in total. The van der Waals surface area contributed by atoms with Crippen LogP contribution >= 0.6 is 0 Å². The Morgan fingerprint density at radius 1 is 1.42 bits per heavy atom. The summed E-state index contributed by atoms with van der Waals surface area (Å²) in [5.74, 6) is 0. The Kier molecular flexibility index (Phi) is 3.01. The van der Waals surface area contributed by atoms with Crippen LogP contribution in [0.15, 0.2) is 0 Å². The van der Waals surface area contributed by atoms with Gasteiger partial charge in [0.05, 0.1) is 6.10 Å². The summed E-state index contributed by atoms with van der Waals surface area (Å²) in [6.45, 7) is 0.0252. The van der Waals surface area contributed by atoms with E-state index < -0.39 is 17.9 Å². The normalized spacial score (nSPS) is 37.2. The molecule has 0 aromatic rings. The number of halogens is 2. The Labute approximate surface area is 70.8 Å². The van der Waals surface area contributed by atoms with E-state index in [-0.39, 0.29) is 6.54 Å². The van der Waals surface area contributed by atoms with Crippen molar-refractivity contribution < 1.29 is 13.9 Å². The quantitative estimate of drug-likeness (QED) is 0.667. The topological polar surface area (TPSA) is 46.2 Å². The van der Waals surface area contributed by atoms with E-state index in [0.717, 1.165) is 0 Å². The average molecular weight is 179 g/mol. The van der Waals surface area contributed by atoms with Gasteiger partial charge in [0.1, 0.15) is 0 Å². The summed E-state index contributed by atoms with van der Waals surface area (Å²) in [4.78, 5) is 0. The monoisotopic (exact) mass is 179 g/mol. The molecule has 0 atom stereocenters. The summed E-state index contributed by atoms with van der Waals surface area (Å²) in [7, 11) is 0. The van der Waals surface area contributed by atoms with Gasteiger partial charge in [-0.15, -0.1) is 0 Å². The highest BCUT2D eigenvalue weighted by Gasteiger charge is 2.41. The molecule has 4 heteroatoms. The summed E-state index contributed by atoms with van der Waals surface area (Å²) in [6.07, 6.45) is -1.13. The fourth-order valence-electron chi connectivity index (χ4n) is 1.69. The molecular weight excluding hydrogens is 164 g/mol. The largest absolute Gasteiger partial charge is 0.393 e. The predicted octanol–water partition coefficient (Wildman–Crippen LogP) is 1.13. The molecule has 1 aliphatic carbocycles. The van der Waals surface area contributed by atoms with Crippen LogP contribution in [-0.4, -0.2) is 24.2 Å². The minimum atomic E-state index is -2.35. The zero-order valence-electron chi connectivity index (χ0n) is 6.97. The van der Waals surface area contributed by atoms with Gasteiger partial charge in [-0.3, -0.25) is 0 Å². The van der Waals surface area contributed by atoms with E-state index in [9.17, 15) is 8.78 Å². The van der Waals surface area contributed by atoms with Crippen molar-refractivity contribution in [3.05, 3.63) is 0 Å². The summed E-state index contributed by atoms with van der Waals surface area (Å²) < 4.78 is 25.1. The maximum Gasteiger partial charge on any atom is 0.245 e. The van der Waals surface area contributed by atoms with Crippen LogP contribution in [0.4, 0.5) is 8.78 Å². The molecule has 0 aromatic carbocycles. The third-order valence-electron chi connectivity index (χ3n) is 2.82. The van der Waals surface area contributed by atoms with E-state index >= 15 is 0 Å². The second-order valence-electron chi connectivity index (χ2n) is 3.60. The zero-order valence-corrected chi connectivity index (χ0v) is 6.97. The van der Waals surface area contributed by atoms with Crippen LogP contribution in [-0.2, 0) is 0 Å². The van der Waals surface area contributed by atoms with Crippen LogP contribution < -0.4 is 5.73 Å². The van der Waals surface area contributed by atoms with Gasteiger partial charge in [-0.05, 0) is 25.7 Å². The van der Waals surface area contributed by atoms with Crippen molar-refractivity contribution in [2.24, 2.45) is 11.1 Å². The van der Waals surface area contributed by atoms with Crippen LogP contribution in [0.2, 0.25) is 0 Å². The molecule has 0 bridgehead atoms. The Morgan fingerprint density at radius 2 is 1.92 bits per heavy atom. The summed E-state index contributed by atoms with van der Waals surface area (Å²) in [6, 6.07) is 0. The van der Waals surface area contributed by atoms with E-state index in [1.807, 2.05) is 0 Å². The molecule has 1 rings (SSSR count). The Hall–Kier alpha value is -0.220. The number of aliphatic hydroxyl groups is 1. The summed E-state index contributed by atoms with van der Waals surface area (Å²) in [5.41, 5.74) is 4.31. The first-order valence-electron chi connectivity index (χ1n) is 4.27. The van der Waals surface area contributed by atoms with Crippen LogP contribution in [0.3, 0.4) is 0 Å². The first-order chi connectivity index (χ1) is 5.60. The van der Waals surface area contributed by atoms with Crippen molar-refractivity contribution in [2.45, 2.75) is 38.2 Å². The average Bonchev–Trinajstić information content (AvgIpc) is 2.06. The maximum atomic E-state index is 12.5. The van der Waals surface area contributed by atoms with Gasteiger partial charge >= 0.3 is 0 Å². The van der Waals surface area contributed by atoms with Gasteiger partial charge in [-0.2, -0.15) is 0 Å². The van der Waals surface area contributed by atoms with E-state index in [2.05, 4.69) is 0 Å². The molecule has 0 amide bonds. The molecule has 0 radical (unpaired) electrons. The fourth-order valence-corrected chi connectivity index (χ4v) is 1.69. The minimum Gasteiger partial charge on any atom is -0.393 e. The SMILES string of the molecule is NCC1(C(F)F)CCC(O)CC1. The standard InChI is InChI=1S/C8H15F2NO/c9-7(10)8(5-11)3-1-6(12)2-4-8/h6-7,12H,1-5,11H2. The molecule has 1 saturated carbocycles. The molecule has 2 nitrogen and oxygen atoms in total. The van der Waals surface area contributed by atoms with Gasteiger partial charge in [0.2, 0.25) is 6.43 Å². The molecule has 0 saturated heterocycles. The number of hydrogen-bond acceptors (Lipinski definition) is 2. The molecule has 0 aromatic heterocycles. The first kappa shape index (κ1) is 9.86. The minimum absolute atomic E-state index is 0.0252. The van der Waals surface area contributed by atoms with Crippen molar-refractivity contribution in [3.8, 4) is 0 Å². The first-order valence-corrected chi connectivity index (χ1v) is 4.27. The molecule has 72 valence electrons. The number of hydrogen-bond donors (Lipinski definition) is 2. The maximum absolute atomic E-state index is 12.5. The highest BCUT2D eigenvalue weighted by molar-refractivity contribution is 4.88. The molecule has 0 spiro atoms. The smallest absolute Gasteiger partial charge is 0.245 e. The number of nitrogens with two attached hydrogens (primary N) is 1. The van der Waals surface area contributed by atoms with Crippen molar-refractivity contribution in [1.29, 1.82) is 0 Å². The van der Waals surface area contributed by atoms with Crippen LogP contribution in [0.1, 0.15) is 25.7 Å². The van der Waals surface area contributed by atoms with E-state index in [1.54, 1.807) is 0 Å². The lowest BCUT2D eigenvalue weighted by molar-refractivity contribution is -0.0481. The lowest BCUT2D eigenvalue weighted by Gasteiger charge is -2.37. The van der Waals surface area contributed by atoms with Crippen molar-refractivity contribution in [1.82, 2.24) is 0 Å². The Balaban J connectivity index is 2.57. The third-order valence-corrected chi connectivity index (χ3v) is 2.82. The number of rotatable bonds is 2. The van der Waals surface area contributed by atoms with Crippen molar-refractivity contribution >= 4 is 0 Å². The highest BCUT2D eigenvalue weighted by Crippen LogP contribution is 2.40. The van der Waals surface area contributed by atoms with E-state index in [1.165, 1.54) is 0 Å². The van der Waals surface area contributed by atoms with E-state index in [0.29, 0.717) is 25.7 Å². The van der Waals surface area contributed by atoms with E-state index in [4.69, 9.17) is 10.8 Å². The van der Waals surface area contributed by atoms with Gasteiger partial charge in [-0.25, -0.2) is 8.78 Å². The van der Waals surface area contributed by atoms with Gasteiger partial charge in [-0.1, -0.05) is 0 Å². The summed E-state index contributed by atoms with van der Waals surface area (Å²) in [5, 5.41) is 9.13. The lowest BCUT2D eigenvalue weighted by Crippen LogP contribution is -2.41. The van der Waals surface area contributed by atoms with Crippen molar-refractivity contribution in [2.75, 3.05) is 6.54 Å². The van der Waals surface area contributed by atoms with Crippen LogP contribution in [0, 0.1) is 5.41 Å². The van der Waals surface area contributed by atoms with Crippen LogP contribution in [0.25, 0.3) is 0 Å². The van der Waals surface area contributed by atoms with Crippen molar-refractivity contribution in [3.63, 3.8) is 0 Å². The number of aliphatic hydroxyl groups excluding tert-OH is 1. The van der Waals surface area contributed by atoms with Gasteiger partial charge in [0.15, 0.2) is 0 Å². The van der Waals surface area contributed by atoms with Gasteiger partial charge in [0, 0.05) is 12.0 Å². The second-order valence-corrected chi connectivity index (χ2v) is 3.60. The summed E-state index contributed by atoms with van der Waals surface area (Å²) >= 11 is 0. The zero-order chi connectivity index (χ0) is 9.19. The molecule has 12 heavy (non-hydrogen) atoms. The lowest BCUT2D eigenvalue weighted by atomic mass is 9.73. The Bertz CT molecular complexity index is 144. The predicted molar refractivity (Wildman–Crippen MR) is 42.0 cm³/mol. The highest BCUT2D eigenvalue weighted by atomic mass is 19.3. The molecule has 1 aliphatic rings. The third kappa shape index (κ3) is 1.75. The molecule has 0 unspecified atom stereocenters. The van der Waals surface area contributed by atoms with Gasteiger partial charge in [0.25, 0.3) is 0 Å². The van der Waals surface area contributed by atoms with Gasteiger partial charge < -0.3 is 10.8 Å². The molecule has 1 fully saturated rings. The number of alkyl halides is 2. The molecule has 0 aliphatic heterocycles.